The highest BCUT2D eigenvalue weighted by molar-refractivity contribution is 6.45. The van der Waals surface area contributed by atoms with Gasteiger partial charge in [-0.2, -0.15) is 0 Å². The van der Waals surface area contributed by atoms with Crippen molar-refractivity contribution >= 4 is 29.0 Å². The van der Waals surface area contributed by atoms with Gasteiger partial charge in [0.05, 0.1) is 12.3 Å². The fourth-order valence-electron chi connectivity index (χ4n) is 4.80. The molecular weight excluding hydrogens is 410 g/mol. The first-order valence-electron chi connectivity index (χ1n) is 11.0. The van der Waals surface area contributed by atoms with Gasteiger partial charge in [0.25, 0.3) is 5.91 Å². The number of nitrogens with zero attached hydrogens (tertiary/aromatic N) is 2. The third-order valence-electron chi connectivity index (χ3n) is 6.52. The van der Waals surface area contributed by atoms with Crippen LogP contribution >= 0.6 is 0 Å². The number of hydrazine groups is 2. The molecule has 3 aliphatic rings. The van der Waals surface area contributed by atoms with Gasteiger partial charge in [-0.05, 0) is 51.8 Å². The van der Waals surface area contributed by atoms with Crippen LogP contribution in [0.1, 0.15) is 43.7 Å². The maximum atomic E-state index is 12.7. The molecule has 3 heterocycles. The Kier molecular flexibility index (Phi) is 6.33. The van der Waals surface area contributed by atoms with Gasteiger partial charge in [-0.15, -0.1) is 5.53 Å². The average molecular weight is 442 g/mol. The van der Waals surface area contributed by atoms with Crippen LogP contribution in [0.5, 0.6) is 0 Å². The standard InChI is InChI=1S/C22H31N7O3/c1-3-32-20(30)12-29-11-19(26-27-29)13-4-7-17(18(23)8-13)21(24)22(31)25-14-9-15-5-6-16(10-14)28(15)2/h4,7-8,11,14-16,24,26-27H,3,5-6,9-10,12,23H2,1-2H3,(H,25,31). The number of benzene rings is 1. The minimum atomic E-state index is -0.390. The minimum Gasteiger partial charge on any atom is -0.465 e. The summed E-state index contributed by atoms with van der Waals surface area (Å²) in [4.78, 5) is 26.8. The van der Waals surface area contributed by atoms with Crippen LogP contribution in [0.15, 0.2) is 24.4 Å². The summed E-state index contributed by atoms with van der Waals surface area (Å²) in [6, 6.07) is 6.31. The van der Waals surface area contributed by atoms with E-state index in [9.17, 15) is 9.59 Å². The quantitative estimate of drug-likeness (QED) is 0.235. The van der Waals surface area contributed by atoms with E-state index in [4.69, 9.17) is 15.9 Å². The Morgan fingerprint density at radius 3 is 2.66 bits per heavy atom. The van der Waals surface area contributed by atoms with Gasteiger partial charge in [-0.3, -0.25) is 20.0 Å². The lowest BCUT2D eigenvalue weighted by Gasteiger charge is -2.36. The number of fused-ring (bicyclic) bond motifs is 2. The van der Waals surface area contributed by atoms with Crippen molar-refractivity contribution in [3.05, 3.63) is 35.5 Å². The number of amides is 1. The van der Waals surface area contributed by atoms with Crippen LogP contribution in [0.4, 0.5) is 5.69 Å². The van der Waals surface area contributed by atoms with Crippen molar-refractivity contribution < 1.29 is 14.3 Å². The number of carbonyl (C=O) groups is 2. The van der Waals surface area contributed by atoms with Gasteiger partial charge in [-0.1, -0.05) is 6.07 Å². The summed E-state index contributed by atoms with van der Waals surface area (Å²) >= 11 is 0. The van der Waals surface area contributed by atoms with Crippen LogP contribution < -0.4 is 22.0 Å². The molecule has 6 N–H and O–H groups in total. The number of piperidine rings is 1. The number of rotatable bonds is 7. The zero-order valence-electron chi connectivity index (χ0n) is 18.5. The van der Waals surface area contributed by atoms with Crippen LogP contribution in [0.3, 0.4) is 0 Å². The molecule has 2 atom stereocenters. The van der Waals surface area contributed by atoms with Crippen molar-refractivity contribution in [2.24, 2.45) is 0 Å². The van der Waals surface area contributed by atoms with E-state index in [2.05, 4.69) is 28.2 Å². The molecule has 2 fully saturated rings. The van der Waals surface area contributed by atoms with Crippen LogP contribution in [0.2, 0.25) is 0 Å². The fraction of sp³-hybridized carbons (Fsp3) is 0.500. The molecule has 172 valence electrons. The Labute approximate surface area is 187 Å². The predicted octanol–water partition coefficient (Wildman–Crippen LogP) is 0.564. The van der Waals surface area contributed by atoms with Gasteiger partial charge >= 0.3 is 5.97 Å². The molecule has 1 amide bonds. The van der Waals surface area contributed by atoms with E-state index in [-0.39, 0.29) is 30.2 Å². The third-order valence-corrected chi connectivity index (χ3v) is 6.52. The Morgan fingerprint density at radius 2 is 2.00 bits per heavy atom. The molecule has 32 heavy (non-hydrogen) atoms. The van der Waals surface area contributed by atoms with E-state index < -0.39 is 0 Å². The normalized spacial score (nSPS) is 24.6. The maximum absolute atomic E-state index is 12.7. The second-order valence-electron chi connectivity index (χ2n) is 8.58. The number of ether oxygens (including phenoxy) is 1. The molecule has 10 heteroatoms. The van der Waals surface area contributed by atoms with Crippen molar-refractivity contribution in [3.8, 4) is 0 Å². The highest BCUT2D eigenvalue weighted by Gasteiger charge is 2.39. The molecule has 0 aliphatic carbocycles. The SMILES string of the molecule is CCOC(=O)CN1C=C(c2ccc(C(=N)C(=O)NC3CC4CCC(C3)N4C)c(N)c2)NN1. The van der Waals surface area contributed by atoms with Crippen LogP contribution in [0, 0.1) is 5.41 Å². The molecule has 2 unspecified atom stereocenters. The van der Waals surface area contributed by atoms with Gasteiger partial charge in [0, 0.05) is 41.1 Å². The number of hydrogen-bond donors (Lipinski definition) is 5. The first-order valence-corrected chi connectivity index (χ1v) is 11.0. The fourth-order valence-corrected chi connectivity index (χ4v) is 4.80. The average Bonchev–Trinajstić information content (AvgIpc) is 3.28. The second-order valence-corrected chi connectivity index (χ2v) is 8.58. The lowest BCUT2D eigenvalue weighted by atomic mass is 9.97. The summed E-state index contributed by atoms with van der Waals surface area (Å²) in [6.07, 6.45) is 5.94. The predicted molar refractivity (Wildman–Crippen MR) is 121 cm³/mol. The molecule has 0 aromatic heterocycles. The van der Waals surface area contributed by atoms with E-state index in [1.165, 1.54) is 12.8 Å². The summed E-state index contributed by atoms with van der Waals surface area (Å²) in [5.74, 6) is -0.731. The molecule has 0 spiro atoms. The first kappa shape index (κ1) is 22.1. The molecule has 0 saturated carbocycles. The summed E-state index contributed by atoms with van der Waals surface area (Å²) < 4.78 is 4.94. The van der Waals surface area contributed by atoms with E-state index in [1.807, 2.05) is 0 Å². The number of carbonyl (C=O) groups excluding carboxylic acids is 2. The molecule has 0 radical (unpaired) electrons. The lowest BCUT2D eigenvalue weighted by molar-refractivity contribution is -0.144. The molecule has 4 rings (SSSR count). The van der Waals surface area contributed by atoms with Gasteiger partial charge in [-0.25, -0.2) is 0 Å². The topological polar surface area (TPSA) is 136 Å². The zero-order chi connectivity index (χ0) is 22.8. The van der Waals surface area contributed by atoms with Crippen LogP contribution in [-0.2, 0) is 14.3 Å². The van der Waals surface area contributed by atoms with E-state index >= 15 is 0 Å². The number of nitrogens with two attached hydrogens (primary N) is 1. The summed E-state index contributed by atoms with van der Waals surface area (Å²) in [5, 5.41) is 13.0. The maximum Gasteiger partial charge on any atom is 0.327 e. The Morgan fingerprint density at radius 1 is 1.28 bits per heavy atom. The summed E-state index contributed by atoms with van der Waals surface area (Å²) in [6.45, 7) is 2.14. The highest BCUT2D eigenvalue weighted by Crippen LogP contribution is 2.34. The van der Waals surface area contributed by atoms with Gasteiger partial charge in [0.15, 0.2) is 0 Å². The van der Waals surface area contributed by atoms with E-state index in [0.29, 0.717) is 35.6 Å². The Bertz CT molecular complexity index is 933. The first-order chi connectivity index (χ1) is 15.4. The van der Waals surface area contributed by atoms with Gasteiger partial charge in [0.2, 0.25) is 0 Å². The molecule has 2 bridgehead atoms. The van der Waals surface area contributed by atoms with Crippen molar-refractivity contribution in [2.75, 3.05) is 25.9 Å². The van der Waals surface area contributed by atoms with Gasteiger partial charge in [0.1, 0.15) is 12.3 Å². The van der Waals surface area contributed by atoms with Gasteiger partial charge < -0.3 is 26.1 Å². The van der Waals surface area contributed by atoms with Crippen molar-refractivity contribution in [1.82, 2.24) is 26.2 Å². The van der Waals surface area contributed by atoms with Crippen molar-refractivity contribution in [3.63, 3.8) is 0 Å². The minimum absolute atomic E-state index is 0.0569. The molecule has 10 nitrogen and oxygen atoms in total. The zero-order valence-corrected chi connectivity index (χ0v) is 18.5. The third kappa shape index (κ3) is 4.56. The molecule has 2 saturated heterocycles. The van der Waals surface area contributed by atoms with Crippen molar-refractivity contribution in [1.29, 1.82) is 5.41 Å². The van der Waals surface area contributed by atoms with Crippen molar-refractivity contribution in [2.45, 2.75) is 50.7 Å². The highest BCUT2D eigenvalue weighted by atomic mass is 16.5. The monoisotopic (exact) mass is 441 g/mol. The molecule has 1 aromatic rings. The number of hydrogen-bond acceptors (Lipinski definition) is 9. The van der Waals surface area contributed by atoms with E-state index in [1.54, 1.807) is 36.3 Å². The number of nitrogens with one attached hydrogen (secondary N) is 4. The number of esters is 1. The van der Waals surface area contributed by atoms with Crippen LogP contribution in [-0.4, -0.2) is 65.8 Å². The summed E-state index contributed by atoms with van der Waals surface area (Å²) in [7, 11) is 2.16. The lowest BCUT2D eigenvalue weighted by Crippen LogP contribution is -2.50. The molecule has 3 aliphatic heterocycles. The largest absolute Gasteiger partial charge is 0.465 e. The number of nitrogen functional groups attached to an aromatic ring is 1. The Hall–Kier alpha value is -3.11. The number of anilines is 1. The molecule has 1 aromatic carbocycles. The Balaban J connectivity index is 1.38. The molecular formula is C22H31N7O3. The summed E-state index contributed by atoms with van der Waals surface area (Å²) in [5.41, 5.74) is 14.1. The van der Waals surface area contributed by atoms with Crippen LogP contribution in [0.25, 0.3) is 5.70 Å². The smallest absolute Gasteiger partial charge is 0.327 e. The van der Waals surface area contributed by atoms with E-state index in [0.717, 1.165) is 18.4 Å². The second kappa shape index (κ2) is 9.17.